The Balaban J connectivity index is 1.53. The van der Waals surface area contributed by atoms with E-state index in [2.05, 4.69) is 22.0 Å². The van der Waals surface area contributed by atoms with Crippen LogP contribution in [-0.2, 0) is 18.7 Å². The number of nitrogens with one attached hydrogen (secondary N) is 1. The topological polar surface area (TPSA) is 54.3 Å². The number of aromatic nitrogens is 1. The molecule has 1 heterocycles. The maximum absolute atomic E-state index is 13.0. The van der Waals surface area contributed by atoms with Crippen LogP contribution in [0.25, 0.3) is 10.9 Å². The first-order valence-corrected chi connectivity index (χ1v) is 10.1. The molecule has 0 bridgehead atoms. The lowest BCUT2D eigenvalue weighted by Gasteiger charge is -2.17. The third kappa shape index (κ3) is 4.29. The average molecular weight is 399 g/mol. The second kappa shape index (κ2) is 8.17. The number of amides is 1. The molecule has 0 radical (unpaired) electrons. The van der Waals surface area contributed by atoms with Crippen molar-refractivity contribution in [2.24, 2.45) is 0 Å². The van der Waals surface area contributed by atoms with Crippen LogP contribution in [0.2, 0.25) is 0 Å². The van der Waals surface area contributed by atoms with E-state index < -0.39 is 5.60 Å². The van der Waals surface area contributed by atoms with Crippen molar-refractivity contribution in [3.63, 3.8) is 0 Å². The summed E-state index contributed by atoms with van der Waals surface area (Å²) >= 11 is 0. The van der Waals surface area contributed by atoms with E-state index >= 15 is 0 Å². The molecule has 0 unspecified atom stereocenters. The third-order valence-electron chi connectivity index (χ3n) is 5.34. The summed E-state index contributed by atoms with van der Waals surface area (Å²) in [5.74, 6) is -0.0930. The molecule has 1 aromatic heterocycles. The van der Waals surface area contributed by atoms with Gasteiger partial charge in [0.1, 0.15) is 0 Å². The second-order valence-electron chi connectivity index (χ2n) is 8.11. The Labute approximate surface area is 176 Å². The Morgan fingerprint density at radius 3 is 2.27 bits per heavy atom. The first-order valence-electron chi connectivity index (χ1n) is 10.1. The van der Waals surface area contributed by atoms with E-state index in [0.29, 0.717) is 18.7 Å². The van der Waals surface area contributed by atoms with Crippen molar-refractivity contribution in [3.05, 3.63) is 107 Å². The molecule has 0 spiro atoms. The SMILES string of the molecule is CC(C)(O)c1ccc(CNC(=O)c2cn(Cc3ccccc3)c3ccccc23)cc1. The van der Waals surface area contributed by atoms with Gasteiger partial charge in [-0.3, -0.25) is 4.79 Å². The number of rotatable bonds is 6. The minimum Gasteiger partial charge on any atom is -0.386 e. The zero-order valence-corrected chi connectivity index (χ0v) is 17.3. The molecule has 1 amide bonds. The minimum atomic E-state index is -0.873. The summed E-state index contributed by atoms with van der Waals surface area (Å²) < 4.78 is 2.12. The lowest BCUT2D eigenvalue weighted by atomic mass is 9.97. The van der Waals surface area contributed by atoms with E-state index in [1.807, 2.05) is 72.9 Å². The summed E-state index contributed by atoms with van der Waals surface area (Å²) in [6, 6.07) is 25.9. The number of para-hydroxylation sites is 1. The van der Waals surface area contributed by atoms with Gasteiger partial charge in [-0.15, -0.1) is 0 Å². The monoisotopic (exact) mass is 398 g/mol. The molecule has 30 heavy (non-hydrogen) atoms. The molecule has 0 saturated carbocycles. The van der Waals surface area contributed by atoms with Gasteiger partial charge in [0.2, 0.25) is 0 Å². The molecule has 2 N–H and O–H groups in total. The van der Waals surface area contributed by atoms with Crippen LogP contribution in [0.3, 0.4) is 0 Å². The minimum absolute atomic E-state index is 0.0930. The van der Waals surface area contributed by atoms with Gasteiger partial charge >= 0.3 is 0 Å². The summed E-state index contributed by atoms with van der Waals surface area (Å²) in [5.41, 5.74) is 3.88. The Morgan fingerprint density at radius 1 is 0.900 bits per heavy atom. The fraction of sp³-hybridized carbons (Fsp3) is 0.192. The van der Waals surface area contributed by atoms with Gasteiger partial charge in [-0.25, -0.2) is 0 Å². The number of fused-ring (bicyclic) bond motifs is 1. The highest BCUT2D eigenvalue weighted by molar-refractivity contribution is 6.07. The van der Waals surface area contributed by atoms with E-state index in [0.717, 1.165) is 22.0 Å². The van der Waals surface area contributed by atoms with Crippen LogP contribution in [0.1, 0.15) is 40.9 Å². The second-order valence-corrected chi connectivity index (χ2v) is 8.11. The highest BCUT2D eigenvalue weighted by Gasteiger charge is 2.16. The van der Waals surface area contributed by atoms with Gasteiger partial charge in [-0.05, 0) is 36.6 Å². The molecule has 0 aliphatic rings. The molecule has 3 aromatic carbocycles. The highest BCUT2D eigenvalue weighted by atomic mass is 16.3. The molecular weight excluding hydrogens is 372 g/mol. The standard InChI is InChI=1S/C26H26N2O2/c1-26(2,30)21-14-12-19(13-15-21)16-27-25(29)23-18-28(17-20-8-4-3-5-9-20)24-11-7-6-10-22(23)24/h3-15,18,30H,16-17H2,1-2H3,(H,27,29). The van der Waals surface area contributed by atoms with Crippen molar-refractivity contribution in [2.75, 3.05) is 0 Å². The van der Waals surface area contributed by atoms with Crippen LogP contribution in [-0.4, -0.2) is 15.6 Å². The Hall–Kier alpha value is -3.37. The van der Waals surface area contributed by atoms with Gasteiger partial charge in [0, 0.05) is 30.2 Å². The number of hydrogen-bond donors (Lipinski definition) is 2. The lowest BCUT2D eigenvalue weighted by Crippen LogP contribution is -2.23. The molecule has 152 valence electrons. The van der Waals surface area contributed by atoms with E-state index in [1.54, 1.807) is 13.8 Å². The van der Waals surface area contributed by atoms with Gasteiger partial charge in [0.25, 0.3) is 5.91 Å². The summed E-state index contributed by atoms with van der Waals surface area (Å²) in [4.78, 5) is 13.0. The van der Waals surface area contributed by atoms with Crippen LogP contribution in [0.15, 0.2) is 85.1 Å². The Bertz CT molecular complexity index is 1150. The first kappa shape index (κ1) is 19.9. The highest BCUT2D eigenvalue weighted by Crippen LogP contribution is 2.23. The van der Waals surface area contributed by atoms with Crippen LogP contribution < -0.4 is 5.32 Å². The van der Waals surface area contributed by atoms with E-state index in [4.69, 9.17) is 0 Å². The molecule has 0 aliphatic heterocycles. The van der Waals surface area contributed by atoms with Crippen LogP contribution in [0.5, 0.6) is 0 Å². The van der Waals surface area contributed by atoms with Crippen molar-refractivity contribution >= 4 is 16.8 Å². The maximum Gasteiger partial charge on any atom is 0.253 e. The van der Waals surface area contributed by atoms with Crippen molar-refractivity contribution in [3.8, 4) is 0 Å². The number of hydrogen-bond acceptors (Lipinski definition) is 2. The third-order valence-corrected chi connectivity index (χ3v) is 5.34. The fourth-order valence-electron chi connectivity index (χ4n) is 3.65. The molecule has 4 nitrogen and oxygen atoms in total. The van der Waals surface area contributed by atoms with Gasteiger partial charge in [0.15, 0.2) is 0 Å². The van der Waals surface area contributed by atoms with Crippen molar-refractivity contribution < 1.29 is 9.90 Å². The van der Waals surface area contributed by atoms with E-state index in [1.165, 1.54) is 5.56 Å². The molecule has 4 aromatic rings. The average Bonchev–Trinajstić information content (AvgIpc) is 3.11. The lowest BCUT2D eigenvalue weighted by molar-refractivity contribution is 0.0785. The molecule has 0 saturated heterocycles. The quantitative estimate of drug-likeness (QED) is 0.488. The van der Waals surface area contributed by atoms with Gasteiger partial charge in [-0.1, -0.05) is 72.8 Å². The number of aliphatic hydroxyl groups is 1. The fourth-order valence-corrected chi connectivity index (χ4v) is 3.65. The van der Waals surface area contributed by atoms with E-state index in [9.17, 15) is 9.90 Å². The zero-order chi connectivity index (χ0) is 21.1. The van der Waals surface area contributed by atoms with E-state index in [-0.39, 0.29) is 5.91 Å². The summed E-state index contributed by atoms with van der Waals surface area (Å²) in [6.45, 7) is 4.67. The van der Waals surface area contributed by atoms with Gasteiger partial charge in [0.05, 0.1) is 11.2 Å². The number of nitrogens with zero attached hydrogens (tertiary/aromatic N) is 1. The maximum atomic E-state index is 13.0. The van der Waals surface area contributed by atoms with Crippen LogP contribution in [0, 0.1) is 0 Å². The number of benzene rings is 3. The normalized spacial score (nSPS) is 11.6. The summed E-state index contributed by atoms with van der Waals surface area (Å²) in [6.07, 6.45) is 1.93. The van der Waals surface area contributed by atoms with Crippen molar-refractivity contribution in [1.82, 2.24) is 9.88 Å². The van der Waals surface area contributed by atoms with Gasteiger partial charge in [-0.2, -0.15) is 0 Å². The number of carbonyl (C=O) groups is 1. The Morgan fingerprint density at radius 2 is 1.57 bits per heavy atom. The smallest absolute Gasteiger partial charge is 0.253 e. The van der Waals surface area contributed by atoms with Crippen LogP contribution in [0.4, 0.5) is 0 Å². The van der Waals surface area contributed by atoms with Crippen molar-refractivity contribution in [2.45, 2.75) is 32.5 Å². The van der Waals surface area contributed by atoms with Crippen LogP contribution >= 0.6 is 0 Å². The van der Waals surface area contributed by atoms with Crippen molar-refractivity contribution in [1.29, 1.82) is 0 Å². The Kier molecular flexibility index (Phi) is 5.42. The molecule has 0 fully saturated rings. The predicted octanol–water partition coefficient (Wildman–Crippen LogP) is 4.85. The largest absolute Gasteiger partial charge is 0.386 e. The molecular formula is C26H26N2O2. The molecule has 0 atom stereocenters. The summed E-state index contributed by atoms with van der Waals surface area (Å²) in [5, 5.41) is 14.1. The number of carbonyl (C=O) groups excluding carboxylic acids is 1. The molecule has 0 aliphatic carbocycles. The molecule has 4 heteroatoms. The van der Waals surface area contributed by atoms with Gasteiger partial charge < -0.3 is 15.0 Å². The zero-order valence-electron chi connectivity index (χ0n) is 17.3. The molecule has 4 rings (SSSR count). The predicted molar refractivity (Wildman–Crippen MR) is 120 cm³/mol. The first-order chi connectivity index (χ1) is 14.4. The summed E-state index contributed by atoms with van der Waals surface area (Å²) in [7, 11) is 0.